The maximum Gasteiger partial charge on any atom is 1.00 e. The largest absolute Gasteiger partial charge is 1.00 e. The third-order valence-corrected chi connectivity index (χ3v) is 2.17. The smallest absolute Gasteiger partial charge is 0.462 e. The van der Waals surface area contributed by atoms with Crippen molar-refractivity contribution in [3.63, 3.8) is 0 Å². The number of aromatic nitrogens is 1. The van der Waals surface area contributed by atoms with E-state index in [9.17, 15) is 4.79 Å². The minimum Gasteiger partial charge on any atom is -0.462 e. The molecule has 0 saturated heterocycles. The van der Waals surface area contributed by atoms with E-state index in [1.165, 1.54) is 0 Å². The molecule has 1 aliphatic heterocycles. The maximum absolute atomic E-state index is 11.3. The van der Waals surface area contributed by atoms with Crippen LogP contribution in [0.1, 0.15) is 12.8 Å². The van der Waals surface area contributed by atoms with E-state index >= 15 is 0 Å². The van der Waals surface area contributed by atoms with Gasteiger partial charge in [0, 0.05) is 12.7 Å². The molecule has 5 heteroatoms. The molecule has 0 amide bonds. The van der Waals surface area contributed by atoms with E-state index in [-0.39, 0.29) is 57.4 Å². The van der Waals surface area contributed by atoms with Crippen LogP contribution in [0.5, 0.6) is 0 Å². The standard InChI is InChI=1S/C10H14NO2.C5H4N.K/c1-2-3-7-13-10(12)9-5-4-6-11-8-9;1-2-4-6-5-3-1;/h4-5,8,11H,1-3,6-7H2;1-2,4-5H;/q2*-1;+1. The zero-order valence-corrected chi connectivity index (χ0v) is 15.0. The first-order valence-corrected chi connectivity index (χ1v) is 6.17. The van der Waals surface area contributed by atoms with E-state index < -0.39 is 0 Å². The van der Waals surface area contributed by atoms with E-state index in [4.69, 9.17) is 4.74 Å². The van der Waals surface area contributed by atoms with Crippen molar-refractivity contribution in [3.05, 3.63) is 61.4 Å². The van der Waals surface area contributed by atoms with Crippen molar-refractivity contribution in [1.29, 1.82) is 0 Å². The molecule has 0 atom stereocenters. The van der Waals surface area contributed by atoms with Crippen molar-refractivity contribution in [3.8, 4) is 0 Å². The van der Waals surface area contributed by atoms with Gasteiger partial charge in [0.2, 0.25) is 0 Å². The summed E-state index contributed by atoms with van der Waals surface area (Å²) in [6.07, 6.45) is 10.3. The molecule has 0 saturated carbocycles. The normalized spacial score (nSPS) is 11.9. The van der Waals surface area contributed by atoms with Crippen LogP contribution < -0.4 is 56.7 Å². The predicted molar refractivity (Wildman–Crippen MR) is 73.8 cm³/mol. The van der Waals surface area contributed by atoms with Crippen LogP contribution in [-0.2, 0) is 9.53 Å². The molecule has 0 aliphatic carbocycles. The van der Waals surface area contributed by atoms with Gasteiger partial charge in [0.1, 0.15) is 0 Å². The van der Waals surface area contributed by atoms with Crippen molar-refractivity contribution in [2.45, 2.75) is 12.8 Å². The van der Waals surface area contributed by atoms with Gasteiger partial charge in [-0.1, -0.05) is 18.5 Å². The summed E-state index contributed by atoms with van der Waals surface area (Å²) >= 11 is 0. The van der Waals surface area contributed by atoms with Crippen LogP contribution in [0.15, 0.2) is 48.5 Å². The van der Waals surface area contributed by atoms with Crippen molar-refractivity contribution in [2.75, 3.05) is 13.2 Å². The Morgan fingerprint density at radius 1 is 1.55 bits per heavy atom. The van der Waals surface area contributed by atoms with Crippen LogP contribution in [0, 0.1) is 13.0 Å². The van der Waals surface area contributed by atoms with Crippen LogP contribution >= 0.6 is 0 Å². The van der Waals surface area contributed by atoms with Gasteiger partial charge in [0.25, 0.3) is 0 Å². The molecule has 0 unspecified atom stereocenters. The van der Waals surface area contributed by atoms with Crippen LogP contribution in [0.3, 0.4) is 0 Å². The molecule has 0 radical (unpaired) electrons. The van der Waals surface area contributed by atoms with Gasteiger partial charge < -0.3 is 22.0 Å². The number of nitrogens with zero attached hydrogens (tertiary/aromatic N) is 1. The number of hydrogen-bond donors (Lipinski definition) is 1. The molecule has 102 valence electrons. The Morgan fingerprint density at radius 3 is 2.85 bits per heavy atom. The molecule has 1 aliphatic rings. The summed E-state index contributed by atoms with van der Waals surface area (Å²) in [4.78, 5) is 15.0. The maximum atomic E-state index is 11.3. The first kappa shape index (κ1) is 19.5. The Hall–Kier alpha value is -0.464. The fraction of sp³-hybridized carbons (Fsp3) is 0.267. The second kappa shape index (κ2) is 13.5. The van der Waals surface area contributed by atoms with E-state index in [0.717, 1.165) is 19.4 Å². The Morgan fingerprint density at radius 2 is 2.40 bits per heavy atom. The Kier molecular flexibility index (Phi) is 13.2. The SMILES string of the molecule is [CH2-]CCCOC(=O)C1=CNCC=C1.[K+].[c-]1cccnc1. The van der Waals surface area contributed by atoms with E-state index in [1.807, 2.05) is 18.2 Å². The number of pyridine rings is 1. The van der Waals surface area contributed by atoms with E-state index in [2.05, 4.69) is 23.3 Å². The fourth-order valence-electron chi connectivity index (χ4n) is 1.23. The van der Waals surface area contributed by atoms with Crippen LogP contribution in [0.25, 0.3) is 0 Å². The predicted octanol–water partition coefficient (Wildman–Crippen LogP) is -0.927. The quantitative estimate of drug-likeness (QED) is 0.338. The summed E-state index contributed by atoms with van der Waals surface area (Å²) in [7, 11) is 0. The second-order valence-electron chi connectivity index (χ2n) is 3.71. The van der Waals surface area contributed by atoms with E-state index in [0.29, 0.717) is 12.2 Å². The molecule has 1 aromatic heterocycles. The van der Waals surface area contributed by atoms with Gasteiger partial charge in [-0.2, -0.15) is 12.5 Å². The topological polar surface area (TPSA) is 51.2 Å². The summed E-state index contributed by atoms with van der Waals surface area (Å²) in [6, 6.07) is 6.43. The number of carbonyl (C=O) groups excluding carboxylic acids is 1. The Balaban J connectivity index is 0.000000434. The van der Waals surface area contributed by atoms with Gasteiger partial charge in [0.05, 0.1) is 12.2 Å². The third kappa shape index (κ3) is 9.44. The molecule has 1 aromatic rings. The number of rotatable bonds is 4. The summed E-state index contributed by atoms with van der Waals surface area (Å²) in [6.45, 7) is 4.89. The molecule has 4 nitrogen and oxygen atoms in total. The third-order valence-electron chi connectivity index (χ3n) is 2.17. The monoisotopic (exact) mass is 297 g/mol. The summed E-state index contributed by atoms with van der Waals surface area (Å²) < 4.78 is 4.98. The van der Waals surface area contributed by atoms with Crippen molar-refractivity contribution in [1.82, 2.24) is 10.3 Å². The molecule has 0 fully saturated rings. The number of hydrogen-bond acceptors (Lipinski definition) is 4. The first-order valence-electron chi connectivity index (χ1n) is 6.17. The van der Waals surface area contributed by atoms with Gasteiger partial charge >= 0.3 is 57.4 Å². The zero-order chi connectivity index (χ0) is 13.8. The summed E-state index contributed by atoms with van der Waals surface area (Å²) in [5.41, 5.74) is 0.579. The van der Waals surface area contributed by atoms with Crippen molar-refractivity contribution in [2.24, 2.45) is 0 Å². The number of esters is 1. The van der Waals surface area contributed by atoms with E-state index in [1.54, 1.807) is 24.7 Å². The molecule has 1 N–H and O–H groups in total. The number of nitrogens with one attached hydrogen (secondary N) is 1. The Bertz CT molecular complexity index is 392. The molecule has 20 heavy (non-hydrogen) atoms. The molecule has 2 rings (SSSR count). The molecule has 0 spiro atoms. The minimum atomic E-state index is -0.267. The number of dihydropyridines is 1. The number of ether oxygens (including phenoxy) is 1. The summed E-state index contributed by atoms with van der Waals surface area (Å²) in [5.74, 6) is -0.267. The second-order valence-corrected chi connectivity index (χ2v) is 3.71. The summed E-state index contributed by atoms with van der Waals surface area (Å²) in [5, 5.41) is 2.94. The van der Waals surface area contributed by atoms with Gasteiger partial charge in [-0.25, -0.2) is 16.9 Å². The molecule has 0 aromatic carbocycles. The minimum absolute atomic E-state index is 0. The van der Waals surface area contributed by atoms with Gasteiger partial charge in [-0.3, -0.25) is 0 Å². The van der Waals surface area contributed by atoms with Crippen molar-refractivity contribution >= 4 is 5.97 Å². The van der Waals surface area contributed by atoms with Gasteiger partial charge in [-0.05, 0) is 12.5 Å². The van der Waals surface area contributed by atoms with Gasteiger partial charge in [-0.15, -0.1) is 0 Å². The first-order chi connectivity index (χ1) is 9.34. The molecular formula is C15H18KN2O2-. The molecule has 0 bridgehead atoms. The van der Waals surface area contributed by atoms with Gasteiger partial charge in [0.15, 0.2) is 0 Å². The zero-order valence-electron chi connectivity index (χ0n) is 11.8. The fourth-order valence-corrected chi connectivity index (χ4v) is 1.23. The van der Waals surface area contributed by atoms with Crippen LogP contribution in [-0.4, -0.2) is 24.1 Å². The van der Waals surface area contributed by atoms with Crippen LogP contribution in [0.2, 0.25) is 0 Å². The van der Waals surface area contributed by atoms with Crippen molar-refractivity contribution < 1.29 is 60.9 Å². The molecular weight excluding hydrogens is 279 g/mol. The van der Waals surface area contributed by atoms with Crippen LogP contribution in [0.4, 0.5) is 0 Å². The average molecular weight is 297 g/mol. The molecule has 2 heterocycles. The Labute approximate surface area is 163 Å². The number of carbonyl (C=O) groups is 1. The average Bonchev–Trinajstić information content (AvgIpc) is 2.51. The number of unbranched alkanes of at least 4 members (excludes halogenated alkanes) is 1.